The minimum Gasteiger partial charge on any atom is -0.326 e. The summed E-state index contributed by atoms with van der Waals surface area (Å²) in [6.07, 6.45) is 5.93. The number of hydrogen-bond donors (Lipinski definition) is 1. The summed E-state index contributed by atoms with van der Waals surface area (Å²) in [7, 11) is 0. The lowest BCUT2D eigenvalue weighted by molar-refractivity contribution is -0.117. The number of rotatable bonds is 3. The first kappa shape index (κ1) is 12.2. The van der Waals surface area contributed by atoms with Crippen molar-refractivity contribution in [3.05, 3.63) is 29.8 Å². The van der Waals surface area contributed by atoms with Gasteiger partial charge in [-0.2, -0.15) is 5.26 Å². The molecule has 1 aromatic carbocycles. The Labute approximate surface area is 113 Å². The second-order valence-electron chi connectivity index (χ2n) is 5.88. The average Bonchev–Trinajstić information content (AvgIpc) is 3.02. The summed E-state index contributed by atoms with van der Waals surface area (Å²) in [4.78, 5) is 12.0. The third-order valence-electron chi connectivity index (χ3n) is 4.63. The minimum atomic E-state index is 0.113. The van der Waals surface area contributed by atoms with E-state index in [-0.39, 0.29) is 5.91 Å². The molecule has 0 saturated heterocycles. The Morgan fingerprint density at radius 2 is 2.05 bits per heavy atom. The first-order chi connectivity index (χ1) is 9.24. The van der Waals surface area contributed by atoms with Crippen molar-refractivity contribution >= 4 is 11.6 Å². The Bertz CT molecular complexity index is 515. The van der Waals surface area contributed by atoms with E-state index < -0.39 is 0 Å². The van der Waals surface area contributed by atoms with Crippen LogP contribution in [0.2, 0.25) is 0 Å². The lowest BCUT2D eigenvalue weighted by atomic mass is 9.86. The quantitative estimate of drug-likeness (QED) is 0.899. The van der Waals surface area contributed by atoms with E-state index in [1.54, 1.807) is 24.3 Å². The molecule has 0 spiro atoms. The van der Waals surface area contributed by atoms with Crippen LogP contribution in [-0.2, 0) is 4.79 Å². The van der Waals surface area contributed by atoms with Crippen molar-refractivity contribution in [1.82, 2.24) is 0 Å². The van der Waals surface area contributed by atoms with Crippen LogP contribution in [0.5, 0.6) is 0 Å². The summed E-state index contributed by atoms with van der Waals surface area (Å²) in [6.45, 7) is 0. The molecule has 2 bridgehead atoms. The zero-order chi connectivity index (χ0) is 13.2. The van der Waals surface area contributed by atoms with Gasteiger partial charge in [0.15, 0.2) is 0 Å². The van der Waals surface area contributed by atoms with Crippen molar-refractivity contribution < 1.29 is 4.79 Å². The molecule has 0 aliphatic heterocycles. The highest BCUT2D eigenvalue weighted by molar-refractivity contribution is 5.90. The first-order valence-corrected chi connectivity index (χ1v) is 7.04. The van der Waals surface area contributed by atoms with Gasteiger partial charge in [0.25, 0.3) is 0 Å². The van der Waals surface area contributed by atoms with Crippen LogP contribution in [0.3, 0.4) is 0 Å². The van der Waals surface area contributed by atoms with Crippen LogP contribution in [0.4, 0.5) is 5.69 Å². The maximum atomic E-state index is 12.0. The fourth-order valence-electron chi connectivity index (χ4n) is 3.70. The molecule has 2 aliphatic carbocycles. The molecule has 0 unspecified atom stereocenters. The van der Waals surface area contributed by atoms with Gasteiger partial charge >= 0.3 is 0 Å². The number of nitrogens with one attached hydrogen (secondary N) is 1. The highest BCUT2D eigenvalue weighted by Crippen LogP contribution is 2.49. The van der Waals surface area contributed by atoms with Gasteiger partial charge in [-0.15, -0.1) is 0 Å². The van der Waals surface area contributed by atoms with E-state index in [0.717, 1.165) is 17.5 Å². The fraction of sp³-hybridized carbons (Fsp3) is 0.500. The van der Waals surface area contributed by atoms with Gasteiger partial charge in [-0.1, -0.05) is 6.42 Å². The van der Waals surface area contributed by atoms with Gasteiger partial charge < -0.3 is 5.32 Å². The number of anilines is 1. The standard InChI is InChI=1S/C16H18N2O/c17-10-11-2-5-15(6-3-11)18-16(19)9-14-8-12-1-4-13(14)7-12/h2-3,5-6,12-14H,1,4,7-9H2,(H,18,19)/t12-,13-,14-/m1/s1. The number of hydrogen-bond acceptors (Lipinski definition) is 2. The summed E-state index contributed by atoms with van der Waals surface area (Å²) in [6, 6.07) is 9.11. The third-order valence-corrected chi connectivity index (χ3v) is 4.63. The molecule has 2 aliphatic rings. The molecule has 98 valence electrons. The van der Waals surface area contributed by atoms with Crippen molar-refractivity contribution in [1.29, 1.82) is 5.26 Å². The number of carbonyl (C=O) groups is 1. The predicted molar refractivity (Wildman–Crippen MR) is 73.3 cm³/mol. The van der Waals surface area contributed by atoms with Gasteiger partial charge in [0.2, 0.25) is 5.91 Å². The Hall–Kier alpha value is -1.82. The van der Waals surface area contributed by atoms with Gasteiger partial charge in [0.05, 0.1) is 11.6 Å². The molecule has 1 N–H and O–H groups in total. The average molecular weight is 254 g/mol. The van der Waals surface area contributed by atoms with Crippen LogP contribution in [0.1, 0.15) is 37.7 Å². The molecule has 1 aromatic rings. The number of benzene rings is 1. The largest absolute Gasteiger partial charge is 0.326 e. The van der Waals surface area contributed by atoms with Crippen molar-refractivity contribution in [2.45, 2.75) is 32.1 Å². The monoisotopic (exact) mass is 254 g/mol. The van der Waals surface area contributed by atoms with Crippen molar-refractivity contribution in [2.75, 3.05) is 5.32 Å². The minimum absolute atomic E-state index is 0.113. The van der Waals surface area contributed by atoms with Crippen LogP contribution < -0.4 is 5.32 Å². The molecule has 0 aromatic heterocycles. The second kappa shape index (κ2) is 5.05. The summed E-state index contributed by atoms with van der Waals surface area (Å²) in [5, 5.41) is 11.7. The van der Waals surface area contributed by atoms with Crippen LogP contribution in [0.15, 0.2) is 24.3 Å². The second-order valence-corrected chi connectivity index (χ2v) is 5.88. The summed E-state index contributed by atoms with van der Waals surface area (Å²) in [5.74, 6) is 2.38. The van der Waals surface area contributed by atoms with E-state index in [2.05, 4.69) is 11.4 Å². The van der Waals surface area contributed by atoms with Crippen molar-refractivity contribution in [3.8, 4) is 6.07 Å². The molecule has 19 heavy (non-hydrogen) atoms. The molecule has 2 fully saturated rings. The Morgan fingerprint density at radius 3 is 2.63 bits per heavy atom. The molecule has 1 amide bonds. The highest BCUT2D eigenvalue weighted by Gasteiger charge is 2.40. The van der Waals surface area contributed by atoms with Crippen LogP contribution in [0.25, 0.3) is 0 Å². The van der Waals surface area contributed by atoms with Gasteiger partial charge in [0.1, 0.15) is 0 Å². The SMILES string of the molecule is N#Cc1ccc(NC(=O)C[C@H]2C[C@@H]3CC[C@@H]2C3)cc1. The highest BCUT2D eigenvalue weighted by atomic mass is 16.1. The molecule has 3 rings (SSSR count). The van der Waals surface area contributed by atoms with Gasteiger partial charge in [0, 0.05) is 12.1 Å². The van der Waals surface area contributed by atoms with E-state index in [0.29, 0.717) is 17.9 Å². The molecule has 0 heterocycles. The van der Waals surface area contributed by atoms with E-state index in [1.165, 1.54) is 25.7 Å². The molecular weight excluding hydrogens is 236 g/mol. The number of fused-ring (bicyclic) bond motifs is 2. The zero-order valence-electron chi connectivity index (χ0n) is 10.9. The lowest BCUT2D eigenvalue weighted by Gasteiger charge is -2.20. The molecule has 2 saturated carbocycles. The number of carbonyl (C=O) groups excluding carboxylic acids is 1. The molecule has 3 nitrogen and oxygen atoms in total. The number of amides is 1. The maximum Gasteiger partial charge on any atom is 0.224 e. The normalized spacial score (nSPS) is 28.1. The lowest BCUT2D eigenvalue weighted by Crippen LogP contribution is -2.20. The summed E-state index contributed by atoms with van der Waals surface area (Å²) >= 11 is 0. The van der Waals surface area contributed by atoms with E-state index in [9.17, 15) is 4.79 Å². The van der Waals surface area contributed by atoms with Crippen LogP contribution in [-0.4, -0.2) is 5.91 Å². The van der Waals surface area contributed by atoms with Gasteiger partial charge in [-0.05, 0) is 61.3 Å². The van der Waals surface area contributed by atoms with Gasteiger partial charge in [-0.25, -0.2) is 0 Å². The Balaban J connectivity index is 1.55. The summed E-state index contributed by atoms with van der Waals surface area (Å²) < 4.78 is 0. The Morgan fingerprint density at radius 1 is 1.26 bits per heavy atom. The van der Waals surface area contributed by atoms with Crippen LogP contribution in [0, 0.1) is 29.1 Å². The number of nitrogens with zero attached hydrogens (tertiary/aromatic N) is 1. The molecule has 0 radical (unpaired) electrons. The molecular formula is C16H18N2O. The van der Waals surface area contributed by atoms with Crippen LogP contribution >= 0.6 is 0 Å². The van der Waals surface area contributed by atoms with E-state index in [1.807, 2.05) is 0 Å². The van der Waals surface area contributed by atoms with Gasteiger partial charge in [-0.3, -0.25) is 4.79 Å². The van der Waals surface area contributed by atoms with E-state index in [4.69, 9.17) is 5.26 Å². The number of nitriles is 1. The zero-order valence-corrected chi connectivity index (χ0v) is 10.9. The predicted octanol–water partition coefficient (Wildman–Crippen LogP) is 3.32. The first-order valence-electron chi connectivity index (χ1n) is 7.04. The summed E-state index contributed by atoms with van der Waals surface area (Å²) in [5.41, 5.74) is 1.40. The topological polar surface area (TPSA) is 52.9 Å². The third kappa shape index (κ3) is 2.63. The smallest absolute Gasteiger partial charge is 0.224 e. The maximum absolute atomic E-state index is 12.0. The van der Waals surface area contributed by atoms with Crippen molar-refractivity contribution in [3.63, 3.8) is 0 Å². The fourth-order valence-corrected chi connectivity index (χ4v) is 3.70. The van der Waals surface area contributed by atoms with Crippen molar-refractivity contribution in [2.24, 2.45) is 17.8 Å². The molecule has 3 atom stereocenters. The van der Waals surface area contributed by atoms with E-state index >= 15 is 0 Å². The Kier molecular flexibility index (Phi) is 3.25. The molecule has 3 heteroatoms.